The zero-order valence-electron chi connectivity index (χ0n) is 9.97. The van der Waals surface area contributed by atoms with Crippen LogP contribution >= 0.6 is 11.6 Å². The molecule has 3 rings (SSSR count). The third-order valence-corrected chi connectivity index (χ3v) is 3.50. The summed E-state index contributed by atoms with van der Waals surface area (Å²) < 4.78 is 6.04. The van der Waals surface area contributed by atoms with Crippen LogP contribution in [0.25, 0.3) is 0 Å². The predicted octanol–water partition coefficient (Wildman–Crippen LogP) is 4.19. The lowest BCUT2D eigenvalue weighted by Gasteiger charge is -2.26. The number of benzene rings is 1. The summed E-state index contributed by atoms with van der Waals surface area (Å²) in [7, 11) is 0. The van der Waals surface area contributed by atoms with Crippen molar-refractivity contribution in [2.45, 2.75) is 25.4 Å². The van der Waals surface area contributed by atoms with Crippen LogP contribution in [0, 0.1) is 0 Å². The van der Waals surface area contributed by atoms with E-state index in [1.54, 1.807) is 12.3 Å². The number of hydrogen-bond donors (Lipinski definition) is 0. The number of nitrogens with zero attached hydrogens (tertiary/aromatic N) is 1. The Kier molecular flexibility index (Phi) is 3.20. The lowest BCUT2D eigenvalue weighted by Crippen LogP contribution is -2.15. The van der Waals surface area contributed by atoms with Crippen molar-refractivity contribution >= 4 is 11.6 Å². The van der Waals surface area contributed by atoms with Crippen molar-refractivity contribution in [3.63, 3.8) is 0 Å². The van der Waals surface area contributed by atoms with Gasteiger partial charge in [-0.05, 0) is 36.5 Å². The summed E-state index contributed by atoms with van der Waals surface area (Å²) in [6.45, 7) is 0. The maximum absolute atomic E-state index is 6.04. The molecule has 1 atom stereocenters. The number of aryl methyl sites for hydroxylation is 1. The van der Waals surface area contributed by atoms with E-state index in [1.807, 2.05) is 6.07 Å². The van der Waals surface area contributed by atoms with Gasteiger partial charge < -0.3 is 4.74 Å². The molecule has 0 saturated carbocycles. The molecule has 0 amide bonds. The van der Waals surface area contributed by atoms with Gasteiger partial charge in [-0.3, -0.25) is 0 Å². The van der Waals surface area contributed by atoms with E-state index < -0.39 is 0 Å². The van der Waals surface area contributed by atoms with Crippen LogP contribution in [0.2, 0.25) is 5.15 Å². The van der Waals surface area contributed by atoms with E-state index in [-0.39, 0.29) is 6.10 Å². The van der Waals surface area contributed by atoms with Crippen LogP contribution in [0.4, 0.5) is 0 Å². The first-order chi connectivity index (χ1) is 8.83. The molecule has 1 aliphatic carbocycles. The highest BCUT2D eigenvalue weighted by molar-refractivity contribution is 6.29. The van der Waals surface area contributed by atoms with Gasteiger partial charge in [0.15, 0.2) is 0 Å². The second kappa shape index (κ2) is 4.99. The molecule has 1 aromatic heterocycles. The quantitative estimate of drug-likeness (QED) is 0.755. The van der Waals surface area contributed by atoms with E-state index in [0.717, 1.165) is 18.6 Å². The standard InChI is InChI=1S/C15H14ClNO/c16-15-10-12(8-9-17-15)18-14-7-3-5-11-4-1-2-6-13(11)14/h1-2,4,6,8-10,14H,3,5,7H2. The normalized spacial score (nSPS) is 18.2. The maximum Gasteiger partial charge on any atom is 0.132 e. The number of ether oxygens (including phenoxy) is 1. The molecular weight excluding hydrogens is 246 g/mol. The van der Waals surface area contributed by atoms with E-state index in [2.05, 4.69) is 29.2 Å². The fourth-order valence-corrected chi connectivity index (χ4v) is 2.62. The van der Waals surface area contributed by atoms with Gasteiger partial charge in [-0.15, -0.1) is 0 Å². The first-order valence-corrected chi connectivity index (χ1v) is 6.57. The molecule has 1 heterocycles. The van der Waals surface area contributed by atoms with Gasteiger partial charge in [-0.1, -0.05) is 35.9 Å². The highest BCUT2D eigenvalue weighted by atomic mass is 35.5. The minimum absolute atomic E-state index is 0.133. The monoisotopic (exact) mass is 259 g/mol. The molecule has 2 nitrogen and oxygen atoms in total. The van der Waals surface area contributed by atoms with E-state index in [1.165, 1.54) is 17.5 Å². The average molecular weight is 260 g/mol. The zero-order chi connectivity index (χ0) is 12.4. The van der Waals surface area contributed by atoms with Crippen molar-refractivity contribution in [2.24, 2.45) is 0 Å². The van der Waals surface area contributed by atoms with Crippen molar-refractivity contribution < 1.29 is 4.74 Å². The second-order valence-electron chi connectivity index (χ2n) is 4.51. The Hall–Kier alpha value is -1.54. The number of hydrogen-bond acceptors (Lipinski definition) is 2. The number of aromatic nitrogens is 1. The van der Waals surface area contributed by atoms with Crippen molar-refractivity contribution in [1.82, 2.24) is 4.98 Å². The number of rotatable bonds is 2. The molecule has 2 aromatic rings. The fraction of sp³-hybridized carbons (Fsp3) is 0.267. The van der Waals surface area contributed by atoms with Crippen molar-refractivity contribution in [1.29, 1.82) is 0 Å². The molecule has 1 aromatic carbocycles. The minimum atomic E-state index is 0.133. The van der Waals surface area contributed by atoms with Crippen LogP contribution in [0.1, 0.15) is 30.1 Å². The molecule has 3 heteroatoms. The van der Waals surface area contributed by atoms with Crippen LogP contribution in [0.15, 0.2) is 42.6 Å². The first kappa shape index (κ1) is 11.5. The van der Waals surface area contributed by atoms with Crippen LogP contribution < -0.4 is 4.74 Å². The van der Waals surface area contributed by atoms with Gasteiger partial charge in [0, 0.05) is 12.3 Å². The second-order valence-corrected chi connectivity index (χ2v) is 4.90. The third-order valence-electron chi connectivity index (χ3n) is 3.29. The number of pyridine rings is 1. The molecule has 0 bridgehead atoms. The summed E-state index contributed by atoms with van der Waals surface area (Å²) in [6.07, 6.45) is 5.17. The van der Waals surface area contributed by atoms with Gasteiger partial charge in [0.05, 0.1) is 0 Å². The van der Waals surface area contributed by atoms with E-state index in [4.69, 9.17) is 16.3 Å². The molecule has 0 N–H and O–H groups in total. The Morgan fingerprint density at radius 3 is 3.00 bits per heavy atom. The lowest BCUT2D eigenvalue weighted by atomic mass is 9.89. The predicted molar refractivity (Wildman–Crippen MR) is 72.0 cm³/mol. The van der Waals surface area contributed by atoms with E-state index in [9.17, 15) is 0 Å². The highest BCUT2D eigenvalue weighted by Crippen LogP contribution is 2.33. The third kappa shape index (κ3) is 2.34. The van der Waals surface area contributed by atoms with Gasteiger partial charge in [0.2, 0.25) is 0 Å². The summed E-state index contributed by atoms with van der Waals surface area (Å²) in [5.74, 6) is 0.789. The molecule has 0 fully saturated rings. The van der Waals surface area contributed by atoms with Crippen LogP contribution in [0.5, 0.6) is 5.75 Å². The van der Waals surface area contributed by atoms with Gasteiger partial charge in [0.1, 0.15) is 17.0 Å². The molecular formula is C15H14ClNO. The summed E-state index contributed by atoms with van der Waals surface area (Å²) in [5, 5.41) is 0.469. The Labute approximate surface area is 112 Å². The average Bonchev–Trinajstić information content (AvgIpc) is 2.39. The lowest BCUT2D eigenvalue weighted by molar-refractivity contribution is 0.183. The van der Waals surface area contributed by atoms with Gasteiger partial charge in [-0.2, -0.15) is 0 Å². The summed E-state index contributed by atoms with van der Waals surface area (Å²) in [5.41, 5.74) is 2.70. The Morgan fingerprint density at radius 2 is 2.11 bits per heavy atom. The summed E-state index contributed by atoms with van der Waals surface area (Å²) in [4.78, 5) is 3.96. The molecule has 0 radical (unpaired) electrons. The van der Waals surface area contributed by atoms with Crippen LogP contribution in [-0.2, 0) is 6.42 Å². The molecule has 1 unspecified atom stereocenters. The van der Waals surface area contributed by atoms with Gasteiger partial charge >= 0.3 is 0 Å². The van der Waals surface area contributed by atoms with Gasteiger partial charge in [-0.25, -0.2) is 4.98 Å². The fourth-order valence-electron chi connectivity index (χ4n) is 2.45. The van der Waals surface area contributed by atoms with Crippen molar-refractivity contribution in [3.05, 3.63) is 58.9 Å². The van der Waals surface area contributed by atoms with E-state index in [0.29, 0.717) is 5.15 Å². The molecule has 0 aliphatic heterocycles. The Bertz CT molecular complexity index is 556. The molecule has 18 heavy (non-hydrogen) atoms. The molecule has 0 spiro atoms. The SMILES string of the molecule is Clc1cc(OC2CCCc3ccccc32)ccn1. The number of fused-ring (bicyclic) bond motifs is 1. The first-order valence-electron chi connectivity index (χ1n) is 6.19. The summed E-state index contributed by atoms with van der Waals surface area (Å²) in [6, 6.07) is 12.1. The smallest absolute Gasteiger partial charge is 0.132 e. The largest absolute Gasteiger partial charge is 0.486 e. The minimum Gasteiger partial charge on any atom is -0.486 e. The molecule has 0 saturated heterocycles. The van der Waals surface area contributed by atoms with E-state index >= 15 is 0 Å². The van der Waals surface area contributed by atoms with Crippen molar-refractivity contribution in [2.75, 3.05) is 0 Å². The Morgan fingerprint density at radius 1 is 1.22 bits per heavy atom. The zero-order valence-corrected chi connectivity index (χ0v) is 10.7. The summed E-state index contributed by atoms with van der Waals surface area (Å²) >= 11 is 5.87. The topological polar surface area (TPSA) is 22.1 Å². The maximum atomic E-state index is 6.04. The molecule has 1 aliphatic rings. The van der Waals surface area contributed by atoms with Gasteiger partial charge in [0.25, 0.3) is 0 Å². The van der Waals surface area contributed by atoms with Crippen LogP contribution in [-0.4, -0.2) is 4.98 Å². The highest BCUT2D eigenvalue weighted by Gasteiger charge is 2.21. The number of halogens is 1. The Balaban J connectivity index is 1.86. The van der Waals surface area contributed by atoms with Crippen molar-refractivity contribution in [3.8, 4) is 5.75 Å². The molecule has 92 valence electrons. The van der Waals surface area contributed by atoms with Crippen LogP contribution in [0.3, 0.4) is 0 Å².